The van der Waals surface area contributed by atoms with Crippen LogP contribution in [0.3, 0.4) is 0 Å². The van der Waals surface area contributed by atoms with Crippen molar-refractivity contribution in [2.45, 2.75) is 5.75 Å². The van der Waals surface area contributed by atoms with Crippen LogP contribution < -0.4 is 15.2 Å². The molecule has 134 valence electrons. The second-order valence-electron chi connectivity index (χ2n) is 5.24. The first-order valence-corrected chi connectivity index (χ1v) is 8.55. The Kier molecular flexibility index (Phi) is 5.59. The number of nitrogens with two attached hydrogens (primary N) is 1. The Hall–Kier alpha value is -2.78. The number of benzene rings is 2. The van der Waals surface area contributed by atoms with Crippen LogP contribution in [0.25, 0.3) is 11.4 Å². The van der Waals surface area contributed by atoms with Crippen molar-refractivity contribution < 1.29 is 13.5 Å². The maximum atomic E-state index is 13.6. The van der Waals surface area contributed by atoms with E-state index >= 15 is 0 Å². The Labute approximate surface area is 153 Å². The van der Waals surface area contributed by atoms with Gasteiger partial charge in [0.25, 0.3) is 0 Å². The van der Waals surface area contributed by atoms with E-state index in [0.29, 0.717) is 5.75 Å². The lowest BCUT2D eigenvalue weighted by Gasteiger charge is -2.10. The average molecular weight is 375 g/mol. The number of aromatic nitrogens is 3. The van der Waals surface area contributed by atoms with Gasteiger partial charge >= 0.3 is 0 Å². The van der Waals surface area contributed by atoms with E-state index in [1.807, 2.05) is 24.3 Å². The Morgan fingerprint density at radius 2 is 1.96 bits per heavy atom. The van der Waals surface area contributed by atoms with E-state index in [1.54, 1.807) is 0 Å². The van der Waals surface area contributed by atoms with E-state index in [4.69, 9.17) is 9.88 Å². The van der Waals surface area contributed by atoms with Gasteiger partial charge in [0.15, 0.2) is 17.5 Å². The van der Waals surface area contributed by atoms with Gasteiger partial charge in [-0.3, -0.25) is 5.14 Å². The fourth-order valence-corrected chi connectivity index (χ4v) is 2.69. The van der Waals surface area contributed by atoms with Gasteiger partial charge in [0.1, 0.15) is 12.1 Å². The number of hydrogen-bond acceptors (Lipinski definition) is 7. The summed E-state index contributed by atoms with van der Waals surface area (Å²) in [6.07, 6.45) is 1.28. The van der Waals surface area contributed by atoms with Gasteiger partial charge in [-0.15, -0.1) is 0 Å². The van der Waals surface area contributed by atoms with E-state index in [2.05, 4.69) is 20.3 Å². The van der Waals surface area contributed by atoms with Gasteiger partial charge in [-0.1, -0.05) is 24.1 Å². The van der Waals surface area contributed by atoms with Gasteiger partial charge in [-0.05, 0) is 23.8 Å². The molecule has 0 aliphatic rings. The van der Waals surface area contributed by atoms with Gasteiger partial charge in [0, 0.05) is 17.5 Å². The molecular formula is C17H15F2N5OS. The zero-order valence-electron chi connectivity index (χ0n) is 13.7. The predicted octanol–water partition coefficient (Wildman–Crippen LogP) is 3.68. The maximum Gasteiger partial charge on any atom is 0.230 e. The number of rotatable bonds is 6. The van der Waals surface area contributed by atoms with Crippen LogP contribution in [-0.4, -0.2) is 22.1 Å². The van der Waals surface area contributed by atoms with Gasteiger partial charge in [0.05, 0.1) is 12.7 Å². The minimum absolute atomic E-state index is 0.128. The molecule has 0 atom stereocenters. The summed E-state index contributed by atoms with van der Waals surface area (Å²) in [5, 5.41) is 8.55. The Bertz CT molecular complexity index is 925. The van der Waals surface area contributed by atoms with Crippen LogP contribution in [0.1, 0.15) is 5.56 Å². The standard InChI is InChI=1S/C17H15F2N5OS/c1-25-15-7-14(19)13(18)6-12(15)16-21-9-22-17(24-16)23-11-4-2-3-10(5-11)8-26-20/h2-7,9H,8,20H2,1H3,(H,21,22,23,24). The van der Waals surface area contributed by atoms with Crippen molar-refractivity contribution in [2.75, 3.05) is 12.4 Å². The van der Waals surface area contributed by atoms with Crippen LogP contribution >= 0.6 is 11.9 Å². The van der Waals surface area contributed by atoms with E-state index in [-0.39, 0.29) is 23.1 Å². The fraction of sp³-hybridized carbons (Fsp3) is 0.118. The Morgan fingerprint density at radius 1 is 1.15 bits per heavy atom. The molecule has 0 fully saturated rings. The number of nitrogens with zero attached hydrogens (tertiary/aromatic N) is 3. The van der Waals surface area contributed by atoms with Crippen molar-refractivity contribution in [1.82, 2.24) is 15.0 Å². The largest absolute Gasteiger partial charge is 0.496 e. The van der Waals surface area contributed by atoms with Crippen LogP contribution in [-0.2, 0) is 5.75 Å². The second-order valence-corrected chi connectivity index (χ2v) is 5.86. The highest BCUT2D eigenvalue weighted by atomic mass is 32.2. The zero-order valence-corrected chi connectivity index (χ0v) is 14.6. The maximum absolute atomic E-state index is 13.6. The zero-order chi connectivity index (χ0) is 18.5. The molecule has 0 saturated carbocycles. The molecule has 2 aromatic carbocycles. The smallest absolute Gasteiger partial charge is 0.230 e. The number of anilines is 2. The molecule has 1 aromatic heterocycles. The monoisotopic (exact) mass is 375 g/mol. The number of halogens is 2. The van der Waals surface area contributed by atoms with E-state index < -0.39 is 11.6 Å². The Morgan fingerprint density at radius 3 is 2.73 bits per heavy atom. The molecule has 0 amide bonds. The molecule has 1 heterocycles. The van der Waals surface area contributed by atoms with Crippen LogP contribution in [0.2, 0.25) is 0 Å². The predicted molar refractivity (Wildman–Crippen MR) is 96.9 cm³/mol. The first-order valence-electron chi connectivity index (χ1n) is 7.51. The van der Waals surface area contributed by atoms with Crippen LogP contribution in [0.5, 0.6) is 5.75 Å². The summed E-state index contributed by atoms with van der Waals surface area (Å²) >= 11 is 1.23. The third-order valence-electron chi connectivity index (χ3n) is 3.49. The summed E-state index contributed by atoms with van der Waals surface area (Å²) in [5.74, 6) is -0.797. The highest BCUT2D eigenvalue weighted by molar-refractivity contribution is 7.96. The molecule has 0 saturated heterocycles. The summed E-state index contributed by atoms with van der Waals surface area (Å²) in [4.78, 5) is 12.3. The highest BCUT2D eigenvalue weighted by Gasteiger charge is 2.15. The van der Waals surface area contributed by atoms with Gasteiger partial charge < -0.3 is 10.1 Å². The number of hydrogen-bond donors (Lipinski definition) is 2. The molecule has 26 heavy (non-hydrogen) atoms. The van der Waals surface area contributed by atoms with Crippen LogP contribution in [0, 0.1) is 11.6 Å². The molecule has 9 heteroatoms. The molecular weight excluding hydrogens is 360 g/mol. The summed E-state index contributed by atoms with van der Waals surface area (Å²) < 4.78 is 32.1. The van der Waals surface area contributed by atoms with E-state index in [1.165, 1.54) is 25.4 Å². The van der Waals surface area contributed by atoms with Crippen molar-refractivity contribution in [3.63, 3.8) is 0 Å². The lowest BCUT2D eigenvalue weighted by atomic mass is 10.1. The van der Waals surface area contributed by atoms with Gasteiger partial charge in [0.2, 0.25) is 5.95 Å². The third kappa shape index (κ3) is 4.06. The van der Waals surface area contributed by atoms with Crippen molar-refractivity contribution >= 4 is 23.6 Å². The van der Waals surface area contributed by atoms with Crippen molar-refractivity contribution in [1.29, 1.82) is 0 Å². The topological polar surface area (TPSA) is 86.0 Å². The van der Waals surface area contributed by atoms with Crippen LogP contribution in [0.15, 0.2) is 42.7 Å². The number of methoxy groups -OCH3 is 1. The van der Waals surface area contributed by atoms with E-state index in [0.717, 1.165) is 23.4 Å². The van der Waals surface area contributed by atoms with Crippen molar-refractivity contribution in [3.05, 3.63) is 59.9 Å². The van der Waals surface area contributed by atoms with Gasteiger partial charge in [-0.25, -0.2) is 18.7 Å². The fourth-order valence-electron chi connectivity index (χ4n) is 2.32. The molecule has 6 nitrogen and oxygen atoms in total. The SMILES string of the molecule is COc1cc(F)c(F)cc1-c1ncnc(Nc2cccc(CSN)c2)n1. The number of ether oxygens (including phenoxy) is 1. The number of nitrogens with one attached hydrogen (secondary N) is 1. The quantitative estimate of drug-likeness (QED) is 0.636. The molecule has 3 N–H and O–H groups in total. The van der Waals surface area contributed by atoms with E-state index in [9.17, 15) is 8.78 Å². The van der Waals surface area contributed by atoms with Crippen LogP contribution in [0.4, 0.5) is 20.4 Å². The first-order chi connectivity index (χ1) is 12.6. The molecule has 3 aromatic rings. The molecule has 0 aliphatic carbocycles. The lowest BCUT2D eigenvalue weighted by Crippen LogP contribution is -2.02. The van der Waals surface area contributed by atoms with Crippen molar-refractivity contribution in [2.24, 2.45) is 5.14 Å². The molecule has 0 unspecified atom stereocenters. The minimum atomic E-state index is -1.01. The molecule has 0 radical (unpaired) electrons. The van der Waals surface area contributed by atoms with Gasteiger partial charge in [-0.2, -0.15) is 4.98 Å². The molecule has 0 bridgehead atoms. The lowest BCUT2D eigenvalue weighted by molar-refractivity contribution is 0.408. The van der Waals surface area contributed by atoms with Crippen molar-refractivity contribution in [3.8, 4) is 17.1 Å². The second kappa shape index (κ2) is 8.07. The average Bonchev–Trinajstić information content (AvgIpc) is 2.64. The normalized spacial score (nSPS) is 10.6. The molecule has 0 spiro atoms. The third-order valence-corrected chi connectivity index (χ3v) is 3.99. The Balaban J connectivity index is 1.92. The summed E-state index contributed by atoms with van der Waals surface area (Å²) in [6, 6.07) is 9.56. The molecule has 0 aliphatic heterocycles. The first kappa shape index (κ1) is 18.0. The molecule has 3 rings (SSSR count). The summed E-state index contributed by atoms with van der Waals surface area (Å²) in [5.41, 5.74) is 2.04. The summed E-state index contributed by atoms with van der Waals surface area (Å²) in [6.45, 7) is 0. The summed E-state index contributed by atoms with van der Waals surface area (Å²) in [7, 11) is 1.36. The minimum Gasteiger partial charge on any atom is -0.496 e. The highest BCUT2D eigenvalue weighted by Crippen LogP contribution is 2.30.